The second-order valence-corrected chi connectivity index (χ2v) is 6.23. The topological polar surface area (TPSA) is 63.2 Å². The van der Waals surface area contributed by atoms with Crippen LogP contribution in [0.2, 0.25) is 0 Å². The van der Waals surface area contributed by atoms with Crippen LogP contribution < -0.4 is 15.4 Å². The number of carbonyl (C=O) groups excluding carboxylic acids is 1. The Balaban J connectivity index is 1.54. The fourth-order valence-corrected chi connectivity index (χ4v) is 2.75. The maximum absolute atomic E-state index is 13.7. The van der Waals surface area contributed by atoms with Crippen LogP contribution in [-0.2, 0) is 13.0 Å². The number of hydrogen-bond donors (Lipinski definition) is 2. The number of halogens is 1. The van der Waals surface area contributed by atoms with Crippen molar-refractivity contribution in [3.8, 4) is 5.75 Å². The fourth-order valence-electron chi connectivity index (χ4n) is 2.75. The summed E-state index contributed by atoms with van der Waals surface area (Å²) in [6, 6.07) is 17.6. The van der Waals surface area contributed by atoms with Gasteiger partial charge in [0.15, 0.2) is 0 Å². The summed E-state index contributed by atoms with van der Waals surface area (Å²) in [7, 11) is 1.63. The zero-order valence-electron chi connectivity index (χ0n) is 15.6. The molecule has 2 aromatic carbocycles. The Hall–Kier alpha value is -3.41. The lowest BCUT2D eigenvalue weighted by atomic mass is 10.1. The van der Waals surface area contributed by atoms with Crippen molar-refractivity contribution in [1.82, 2.24) is 10.3 Å². The summed E-state index contributed by atoms with van der Waals surface area (Å²) in [5.74, 6) is 0.855. The highest BCUT2D eigenvalue weighted by atomic mass is 19.1. The minimum atomic E-state index is -0.276. The van der Waals surface area contributed by atoms with E-state index in [1.165, 1.54) is 6.07 Å². The molecule has 6 heteroatoms. The van der Waals surface area contributed by atoms with Gasteiger partial charge in [-0.3, -0.25) is 4.79 Å². The summed E-state index contributed by atoms with van der Waals surface area (Å²) in [5, 5.41) is 5.95. The van der Waals surface area contributed by atoms with Crippen LogP contribution in [0.25, 0.3) is 0 Å². The molecule has 0 saturated carbocycles. The summed E-state index contributed by atoms with van der Waals surface area (Å²) in [6.07, 6.45) is 2.26. The minimum absolute atomic E-state index is 0.181. The van der Waals surface area contributed by atoms with Crippen LogP contribution in [-0.4, -0.2) is 24.5 Å². The molecule has 0 aliphatic heterocycles. The molecule has 3 aromatic rings. The molecular weight excluding hydrogens is 357 g/mol. The molecule has 2 N–H and O–H groups in total. The lowest BCUT2D eigenvalue weighted by molar-refractivity contribution is 0.0954. The van der Waals surface area contributed by atoms with Crippen molar-refractivity contribution in [3.63, 3.8) is 0 Å². The number of carbonyl (C=O) groups is 1. The van der Waals surface area contributed by atoms with E-state index in [1.54, 1.807) is 43.6 Å². The number of amides is 1. The van der Waals surface area contributed by atoms with Crippen LogP contribution in [0.15, 0.2) is 66.9 Å². The Morgan fingerprint density at radius 1 is 1.11 bits per heavy atom. The molecule has 5 nitrogen and oxygen atoms in total. The zero-order chi connectivity index (χ0) is 19.8. The van der Waals surface area contributed by atoms with E-state index in [1.807, 2.05) is 24.3 Å². The first-order chi connectivity index (χ1) is 13.7. The maximum Gasteiger partial charge on any atom is 0.251 e. The van der Waals surface area contributed by atoms with Crippen molar-refractivity contribution in [2.24, 2.45) is 0 Å². The first-order valence-corrected chi connectivity index (χ1v) is 9.00. The molecule has 1 amide bonds. The Bertz CT molecular complexity index is 946. The first-order valence-electron chi connectivity index (χ1n) is 9.00. The van der Waals surface area contributed by atoms with Crippen molar-refractivity contribution in [3.05, 3.63) is 89.4 Å². The molecule has 1 heterocycles. The summed E-state index contributed by atoms with van der Waals surface area (Å²) in [5.41, 5.74) is 2.12. The van der Waals surface area contributed by atoms with Gasteiger partial charge < -0.3 is 15.4 Å². The standard InChI is InChI=1S/C22H22FN3O2/c1-28-19-7-4-5-16(13-19)9-11-25-22(27)17-10-12-24-21(14-17)26-15-18-6-2-3-8-20(18)23/h2-8,10,12-14H,9,11,15H2,1H3,(H,24,26)(H,25,27). The van der Waals surface area contributed by atoms with Crippen molar-refractivity contribution in [2.45, 2.75) is 13.0 Å². The van der Waals surface area contributed by atoms with E-state index in [-0.39, 0.29) is 11.7 Å². The van der Waals surface area contributed by atoms with Gasteiger partial charge in [-0.1, -0.05) is 30.3 Å². The summed E-state index contributed by atoms with van der Waals surface area (Å²) in [6.45, 7) is 0.799. The summed E-state index contributed by atoms with van der Waals surface area (Å²) in [4.78, 5) is 16.6. The van der Waals surface area contributed by atoms with Gasteiger partial charge in [0.2, 0.25) is 0 Å². The number of aromatic nitrogens is 1. The molecular formula is C22H22FN3O2. The van der Waals surface area contributed by atoms with Crippen molar-refractivity contribution in [1.29, 1.82) is 0 Å². The Morgan fingerprint density at radius 2 is 1.96 bits per heavy atom. The van der Waals surface area contributed by atoms with Gasteiger partial charge in [-0.25, -0.2) is 9.37 Å². The highest BCUT2D eigenvalue weighted by Crippen LogP contribution is 2.13. The number of benzene rings is 2. The quantitative estimate of drug-likeness (QED) is 0.625. The van der Waals surface area contributed by atoms with E-state index in [0.29, 0.717) is 36.5 Å². The number of methoxy groups -OCH3 is 1. The number of hydrogen-bond acceptors (Lipinski definition) is 4. The number of pyridine rings is 1. The monoisotopic (exact) mass is 379 g/mol. The van der Waals surface area contributed by atoms with Gasteiger partial charge in [0.1, 0.15) is 17.4 Å². The van der Waals surface area contributed by atoms with Gasteiger partial charge in [0.25, 0.3) is 5.91 Å². The third-order valence-electron chi connectivity index (χ3n) is 4.27. The number of anilines is 1. The van der Waals surface area contributed by atoms with Gasteiger partial charge in [0.05, 0.1) is 7.11 Å². The van der Waals surface area contributed by atoms with Gasteiger partial charge in [0, 0.05) is 30.4 Å². The van der Waals surface area contributed by atoms with E-state index in [9.17, 15) is 9.18 Å². The normalized spacial score (nSPS) is 10.4. The highest BCUT2D eigenvalue weighted by Gasteiger charge is 2.08. The van der Waals surface area contributed by atoms with Crippen molar-refractivity contribution in [2.75, 3.05) is 19.0 Å². The zero-order valence-corrected chi connectivity index (χ0v) is 15.6. The number of nitrogens with one attached hydrogen (secondary N) is 2. The predicted molar refractivity (Wildman–Crippen MR) is 107 cm³/mol. The highest BCUT2D eigenvalue weighted by molar-refractivity contribution is 5.94. The number of nitrogens with zero attached hydrogens (tertiary/aromatic N) is 1. The average Bonchev–Trinajstić information content (AvgIpc) is 2.73. The molecule has 0 fully saturated rings. The average molecular weight is 379 g/mol. The molecule has 0 spiro atoms. The second kappa shape index (κ2) is 9.50. The molecule has 144 valence electrons. The van der Waals surface area contributed by atoms with Crippen molar-refractivity contribution < 1.29 is 13.9 Å². The van der Waals surface area contributed by atoms with Gasteiger partial charge in [-0.05, 0) is 42.3 Å². The molecule has 28 heavy (non-hydrogen) atoms. The molecule has 0 unspecified atom stereocenters. The Labute approximate surface area is 163 Å². The number of rotatable bonds is 8. The lowest BCUT2D eigenvalue weighted by Crippen LogP contribution is -2.25. The van der Waals surface area contributed by atoms with Crippen LogP contribution in [0.3, 0.4) is 0 Å². The van der Waals surface area contributed by atoms with Crippen LogP contribution in [0.4, 0.5) is 10.2 Å². The molecule has 3 rings (SSSR count). The minimum Gasteiger partial charge on any atom is -0.497 e. The molecule has 0 aliphatic carbocycles. The molecule has 1 aromatic heterocycles. The third-order valence-corrected chi connectivity index (χ3v) is 4.27. The molecule has 0 bridgehead atoms. The first kappa shape index (κ1) is 19.4. The fraction of sp³-hybridized carbons (Fsp3) is 0.182. The Kier molecular flexibility index (Phi) is 6.57. The van der Waals surface area contributed by atoms with Crippen LogP contribution >= 0.6 is 0 Å². The largest absolute Gasteiger partial charge is 0.497 e. The van der Waals surface area contributed by atoms with E-state index in [0.717, 1.165) is 11.3 Å². The van der Waals surface area contributed by atoms with E-state index < -0.39 is 0 Å². The number of ether oxygens (including phenoxy) is 1. The summed E-state index contributed by atoms with van der Waals surface area (Å²) >= 11 is 0. The predicted octanol–water partition coefficient (Wildman–Crippen LogP) is 3.81. The van der Waals surface area contributed by atoms with Crippen LogP contribution in [0, 0.1) is 5.82 Å². The lowest BCUT2D eigenvalue weighted by Gasteiger charge is -2.09. The van der Waals surface area contributed by atoms with Crippen molar-refractivity contribution >= 4 is 11.7 Å². The second-order valence-electron chi connectivity index (χ2n) is 6.23. The molecule has 0 aliphatic rings. The molecule has 0 saturated heterocycles. The van der Waals surface area contributed by atoms with Gasteiger partial charge in [-0.2, -0.15) is 0 Å². The molecule has 0 radical (unpaired) electrons. The van der Waals surface area contributed by atoms with E-state index in [4.69, 9.17) is 4.74 Å². The van der Waals surface area contributed by atoms with Gasteiger partial charge >= 0.3 is 0 Å². The maximum atomic E-state index is 13.7. The van der Waals surface area contributed by atoms with E-state index in [2.05, 4.69) is 15.6 Å². The molecule has 0 atom stereocenters. The van der Waals surface area contributed by atoms with E-state index >= 15 is 0 Å². The van der Waals surface area contributed by atoms with Crippen LogP contribution in [0.5, 0.6) is 5.75 Å². The SMILES string of the molecule is COc1cccc(CCNC(=O)c2ccnc(NCc3ccccc3F)c2)c1. The summed E-state index contributed by atoms with van der Waals surface area (Å²) < 4.78 is 18.9. The van der Waals surface area contributed by atoms with Gasteiger partial charge in [-0.15, -0.1) is 0 Å². The Morgan fingerprint density at radius 3 is 2.79 bits per heavy atom. The smallest absolute Gasteiger partial charge is 0.251 e. The van der Waals surface area contributed by atoms with Crippen LogP contribution in [0.1, 0.15) is 21.5 Å². The third kappa shape index (κ3) is 5.30.